The van der Waals surface area contributed by atoms with Gasteiger partial charge in [0.2, 0.25) is 0 Å². The summed E-state index contributed by atoms with van der Waals surface area (Å²) in [6, 6.07) is 10.8. The number of nitrogens with zero attached hydrogens (tertiary/aromatic N) is 1. The molecule has 16 heavy (non-hydrogen) atoms. The molecule has 1 aliphatic heterocycles. The van der Waals surface area contributed by atoms with Crippen LogP contribution >= 0.6 is 0 Å². The van der Waals surface area contributed by atoms with Crippen molar-refractivity contribution >= 4 is 5.69 Å². The van der Waals surface area contributed by atoms with Gasteiger partial charge >= 0.3 is 0 Å². The van der Waals surface area contributed by atoms with Crippen molar-refractivity contribution in [2.75, 3.05) is 11.9 Å². The van der Waals surface area contributed by atoms with Crippen molar-refractivity contribution in [1.82, 2.24) is 4.98 Å². The van der Waals surface area contributed by atoms with Gasteiger partial charge in [-0.15, -0.1) is 0 Å². The standard InChI is InChI=1S/C14H14N2/c1-2-12(10-15-6-1)8-11-3-4-14-13(9-11)5-7-16-14/h1-4,6,9-10,16H,5,7-8H2. The molecule has 0 radical (unpaired) electrons. The number of rotatable bonds is 2. The molecule has 1 aromatic heterocycles. The first kappa shape index (κ1) is 9.40. The summed E-state index contributed by atoms with van der Waals surface area (Å²) in [4.78, 5) is 4.14. The number of nitrogens with one attached hydrogen (secondary N) is 1. The van der Waals surface area contributed by atoms with E-state index in [2.05, 4.69) is 34.6 Å². The van der Waals surface area contributed by atoms with E-state index < -0.39 is 0 Å². The Morgan fingerprint density at radius 2 is 2.19 bits per heavy atom. The van der Waals surface area contributed by atoms with Crippen molar-refractivity contribution < 1.29 is 0 Å². The molecule has 1 N–H and O–H groups in total. The molecule has 0 bridgehead atoms. The van der Waals surface area contributed by atoms with E-state index in [-0.39, 0.29) is 0 Å². The number of pyridine rings is 1. The third-order valence-corrected chi connectivity index (χ3v) is 3.01. The Morgan fingerprint density at radius 1 is 1.19 bits per heavy atom. The lowest BCUT2D eigenvalue weighted by atomic mass is 10.0. The first-order chi connectivity index (χ1) is 7.92. The van der Waals surface area contributed by atoms with Gasteiger partial charge in [0, 0.05) is 24.6 Å². The third kappa shape index (κ3) is 1.78. The Balaban J connectivity index is 1.86. The fourth-order valence-corrected chi connectivity index (χ4v) is 2.21. The van der Waals surface area contributed by atoms with E-state index in [9.17, 15) is 0 Å². The minimum absolute atomic E-state index is 0.973. The molecule has 2 heterocycles. The average molecular weight is 210 g/mol. The molecule has 0 amide bonds. The van der Waals surface area contributed by atoms with Gasteiger partial charge in [0.15, 0.2) is 0 Å². The molecule has 80 valence electrons. The Hall–Kier alpha value is -1.83. The van der Waals surface area contributed by atoms with E-state index >= 15 is 0 Å². The van der Waals surface area contributed by atoms with Gasteiger partial charge in [0.25, 0.3) is 0 Å². The first-order valence-electron chi connectivity index (χ1n) is 5.66. The molecule has 0 fully saturated rings. The van der Waals surface area contributed by atoms with Crippen LogP contribution < -0.4 is 5.32 Å². The van der Waals surface area contributed by atoms with Gasteiger partial charge in [-0.1, -0.05) is 18.2 Å². The second-order valence-electron chi connectivity index (χ2n) is 4.21. The van der Waals surface area contributed by atoms with E-state index in [1.165, 1.54) is 22.4 Å². The number of benzene rings is 1. The van der Waals surface area contributed by atoms with Crippen molar-refractivity contribution in [2.45, 2.75) is 12.8 Å². The van der Waals surface area contributed by atoms with Crippen LogP contribution in [0.1, 0.15) is 16.7 Å². The molecule has 2 aromatic rings. The van der Waals surface area contributed by atoms with E-state index in [4.69, 9.17) is 0 Å². The largest absolute Gasteiger partial charge is 0.384 e. The molecule has 0 aliphatic carbocycles. The predicted octanol–water partition coefficient (Wildman–Crippen LogP) is 2.64. The molecule has 0 unspecified atom stereocenters. The van der Waals surface area contributed by atoms with Crippen LogP contribution in [0.5, 0.6) is 0 Å². The predicted molar refractivity (Wildman–Crippen MR) is 65.7 cm³/mol. The molecule has 2 nitrogen and oxygen atoms in total. The summed E-state index contributed by atoms with van der Waals surface area (Å²) in [7, 11) is 0. The monoisotopic (exact) mass is 210 g/mol. The fraction of sp³-hybridized carbons (Fsp3) is 0.214. The summed E-state index contributed by atoms with van der Waals surface area (Å²) >= 11 is 0. The Morgan fingerprint density at radius 3 is 3.06 bits per heavy atom. The van der Waals surface area contributed by atoms with Gasteiger partial charge in [0.1, 0.15) is 0 Å². The quantitative estimate of drug-likeness (QED) is 0.824. The van der Waals surface area contributed by atoms with Crippen LogP contribution in [0.4, 0.5) is 5.69 Å². The summed E-state index contributed by atoms with van der Waals surface area (Å²) in [5.74, 6) is 0. The zero-order chi connectivity index (χ0) is 10.8. The van der Waals surface area contributed by atoms with Crippen LogP contribution in [0.25, 0.3) is 0 Å². The van der Waals surface area contributed by atoms with E-state index in [0.29, 0.717) is 0 Å². The lowest BCUT2D eigenvalue weighted by Gasteiger charge is -2.04. The molecular weight excluding hydrogens is 196 g/mol. The lowest BCUT2D eigenvalue weighted by molar-refractivity contribution is 1.09. The maximum atomic E-state index is 4.14. The van der Waals surface area contributed by atoms with Crippen molar-refractivity contribution in [3.63, 3.8) is 0 Å². The molecule has 0 spiro atoms. The molecule has 1 aromatic carbocycles. The molecule has 0 saturated heterocycles. The maximum Gasteiger partial charge on any atom is 0.0373 e. The Bertz CT molecular complexity index is 491. The van der Waals surface area contributed by atoms with Crippen LogP contribution in [0.3, 0.4) is 0 Å². The fourth-order valence-electron chi connectivity index (χ4n) is 2.21. The highest BCUT2D eigenvalue weighted by Crippen LogP contribution is 2.23. The summed E-state index contributed by atoms with van der Waals surface area (Å²) in [5, 5.41) is 3.38. The van der Waals surface area contributed by atoms with Gasteiger partial charge < -0.3 is 5.32 Å². The van der Waals surface area contributed by atoms with Crippen LogP contribution in [-0.2, 0) is 12.8 Å². The highest BCUT2D eigenvalue weighted by atomic mass is 14.9. The van der Waals surface area contributed by atoms with Gasteiger partial charge in [-0.05, 0) is 41.7 Å². The highest BCUT2D eigenvalue weighted by molar-refractivity contribution is 5.56. The van der Waals surface area contributed by atoms with Gasteiger partial charge in [-0.2, -0.15) is 0 Å². The van der Waals surface area contributed by atoms with Crippen molar-refractivity contribution in [2.24, 2.45) is 0 Å². The second-order valence-corrected chi connectivity index (χ2v) is 4.21. The van der Waals surface area contributed by atoms with Crippen molar-refractivity contribution in [1.29, 1.82) is 0 Å². The van der Waals surface area contributed by atoms with Crippen LogP contribution in [-0.4, -0.2) is 11.5 Å². The molecule has 0 saturated carbocycles. The van der Waals surface area contributed by atoms with Crippen molar-refractivity contribution in [3.8, 4) is 0 Å². The number of hydrogen-bond acceptors (Lipinski definition) is 2. The molecule has 3 rings (SSSR count). The molecule has 0 atom stereocenters. The summed E-state index contributed by atoms with van der Waals surface area (Å²) in [6.07, 6.45) is 5.87. The van der Waals surface area contributed by atoms with E-state index in [0.717, 1.165) is 19.4 Å². The van der Waals surface area contributed by atoms with Gasteiger partial charge in [0.05, 0.1) is 0 Å². The van der Waals surface area contributed by atoms with Crippen LogP contribution in [0.15, 0.2) is 42.7 Å². The number of hydrogen-bond donors (Lipinski definition) is 1. The smallest absolute Gasteiger partial charge is 0.0373 e. The summed E-state index contributed by atoms with van der Waals surface area (Å²) in [6.45, 7) is 1.08. The first-order valence-corrected chi connectivity index (χ1v) is 5.66. The number of fused-ring (bicyclic) bond motifs is 1. The van der Waals surface area contributed by atoms with Gasteiger partial charge in [-0.25, -0.2) is 0 Å². The number of anilines is 1. The van der Waals surface area contributed by atoms with E-state index in [1.807, 2.05) is 18.5 Å². The Labute approximate surface area is 95.3 Å². The molecular formula is C14H14N2. The molecule has 2 heteroatoms. The average Bonchev–Trinajstić information content (AvgIpc) is 2.77. The second kappa shape index (κ2) is 3.97. The molecule has 1 aliphatic rings. The third-order valence-electron chi connectivity index (χ3n) is 3.01. The van der Waals surface area contributed by atoms with E-state index in [1.54, 1.807) is 0 Å². The number of aromatic nitrogens is 1. The zero-order valence-electron chi connectivity index (χ0n) is 9.11. The summed E-state index contributed by atoms with van der Waals surface area (Å²) in [5.41, 5.74) is 5.39. The SMILES string of the molecule is c1cncc(Cc2ccc3c(c2)CCN3)c1. The zero-order valence-corrected chi connectivity index (χ0v) is 9.11. The normalized spacial score (nSPS) is 13.2. The van der Waals surface area contributed by atoms with Crippen molar-refractivity contribution in [3.05, 3.63) is 59.4 Å². The van der Waals surface area contributed by atoms with Gasteiger partial charge in [-0.3, -0.25) is 4.98 Å². The minimum atomic E-state index is 0.973. The lowest BCUT2D eigenvalue weighted by Crippen LogP contribution is -1.91. The topological polar surface area (TPSA) is 24.9 Å². The highest BCUT2D eigenvalue weighted by Gasteiger charge is 2.09. The minimum Gasteiger partial charge on any atom is -0.384 e. The Kier molecular flexibility index (Phi) is 2.33. The maximum absolute atomic E-state index is 4.14. The van der Waals surface area contributed by atoms with Crippen LogP contribution in [0, 0.1) is 0 Å². The summed E-state index contributed by atoms with van der Waals surface area (Å²) < 4.78 is 0. The van der Waals surface area contributed by atoms with Crippen LogP contribution in [0.2, 0.25) is 0 Å².